The first kappa shape index (κ1) is 84.0. The fraction of sp³-hybridized carbons (Fsp3) is 0. The van der Waals surface area contributed by atoms with Crippen LogP contribution in [-0.4, -0.2) is 58.1 Å². The third-order valence-corrected chi connectivity index (χ3v) is 28.8. The van der Waals surface area contributed by atoms with Crippen LogP contribution in [0.1, 0.15) is 0 Å². The predicted molar refractivity (Wildman–Crippen MR) is 594 cm³/mol. The summed E-state index contributed by atoms with van der Waals surface area (Å²) in [5.74, 6) is 4.39. The Bertz CT molecular complexity index is 9920. The SMILES string of the molecule is c1ccc(-c2cccc(-c3ccc(-c4ccnc(-n5c6ccccc6c6cc(-c7cccc8c7oc7ccccc78)ccc65)n4)cc3)c2)cc1.c1ccc(-c2nc(-c3ccccc3)nc(-n3c4ccccc4c4cc(-c5ccc6c(c5)c5ccccc5n6-c5ccccc5)ccc43)n2)cc1.c1ccc(-c2nc(-c3ccccc3)nc(-n3c4ccccc4c4ccc(-c5cccc6c5sc5ccccc56)cc43)n2)cc1. The normalized spacial score (nSPS) is 11.6. The average molecular weight is 1860 g/mol. The van der Waals surface area contributed by atoms with E-state index in [1.807, 2.05) is 163 Å². The molecule has 14 heteroatoms. The van der Waals surface area contributed by atoms with Crippen molar-refractivity contribution in [3.8, 4) is 136 Å². The Hall–Kier alpha value is -19.3. The molecule has 9 heterocycles. The molecule has 0 radical (unpaired) electrons. The Morgan fingerprint density at radius 2 is 0.535 bits per heavy atom. The van der Waals surface area contributed by atoms with Gasteiger partial charge < -0.3 is 8.98 Å². The van der Waals surface area contributed by atoms with Crippen molar-refractivity contribution in [1.82, 2.24) is 58.1 Å². The molecule has 0 bridgehead atoms. The lowest BCUT2D eigenvalue weighted by Gasteiger charge is -2.11. The lowest BCUT2D eigenvalue weighted by molar-refractivity contribution is 0.670. The molecule has 0 atom stereocenters. The van der Waals surface area contributed by atoms with E-state index in [4.69, 9.17) is 44.3 Å². The fourth-order valence-corrected chi connectivity index (χ4v) is 22.0. The summed E-state index contributed by atoms with van der Waals surface area (Å²) in [7, 11) is 0. The Labute approximate surface area is 830 Å². The summed E-state index contributed by atoms with van der Waals surface area (Å²) in [6.07, 6.45) is 1.85. The number of para-hydroxylation sites is 7. The Balaban J connectivity index is 0.000000108. The second-order valence-corrected chi connectivity index (χ2v) is 37.1. The van der Waals surface area contributed by atoms with E-state index in [1.165, 1.54) is 75.4 Å². The third-order valence-electron chi connectivity index (χ3n) is 27.6. The van der Waals surface area contributed by atoms with Gasteiger partial charge in [-0.05, 0) is 153 Å². The van der Waals surface area contributed by atoms with Crippen LogP contribution in [0.4, 0.5) is 0 Å². The van der Waals surface area contributed by atoms with E-state index in [1.54, 1.807) is 0 Å². The van der Waals surface area contributed by atoms with E-state index < -0.39 is 0 Å². The number of fused-ring (bicyclic) bond motifs is 18. The highest BCUT2D eigenvalue weighted by molar-refractivity contribution is 7.26. The standard InChI is InChI=1S/C46H29N3O.C45H29N5.C39H24N4S/c1-2-10-30(11-3-1)33-12-8-13-34(28-33)31-20-22-32(23-21-31)41-26-27-47-46(48-41)49-42-18-6-4-14-37(42)40-29-35(24-25-43(40)49)36-16-9-17-39-38-15-5-7-19-44(38)50-45(36)39;1-4-14-30(15-5-1)43-46-44(31-16-6-2-7-17-31)48-45(47-43)50-40-23-13-11-21-36(40)38-29-33(25-27-42(38)50)32-24-26-41-37(28-32)35-20-10-12-22-39(35)49(41)34-18-8-3-9-19-34;1-3-12-25(13-4-1)37-40-38(26-14-5-2-6-15-26)42-39(41-37)43-33-20-9-7-16-29(33)30-23-22-27(24-34(30)43)28-18-11-19-32-31-17-8-10-21-35(31)44-36(28)32/h2*1-29H;1-24H. The molecule has 29 aromatic rings. The number of hydrogen-bond acceptors (Lipinski definition) is 10. The molecular formula is C130H82N12OS. The van der Waals surface area contributed by atoms with Crippen LogP contribution in [0.2, 0.25) is 0 Å². The van der Waals surface area contributed by atoms with Crippen molar-refractivity contribution in [2.24, 2.45) is 0 Å². The Morgan fingerprint density at radius 3 is 1.08 bits per heavy atom. The number of aromatic nitrogens is 12. The van der Waals surface area contributed by atoms with Crippen molar-refractivity contribution in [2.45, 2.75) is 0 Å². The summed E-state index contributed by atoms with van der Waals surface area (Å²) in [6.45, 7) is 0. The Morgan fingerprint density at radius 1 is 0.188 bits per heavy atom. The molecule has 0 aliphatic carbocycles. The lowest BCUT2D eigenvalue weighted by Crippen LogP contribution is -2.06. The van der Waals surface area contributed by atoms with Gasteiger partial charge in [-0.25, -0.2) is 19.9 Å². The number of hydrogen-bond donors (Lipinski definition) is 0. The third kappa shape index (κ3) is 15.0. The maximum atomic E-state index is 6.40. The van der Waals surface area contributed by atoms with Crippen LogP contribution in [0, 0.1) is 0 Å². The predicted octanol–water partition coefficient (Wildman–Crippen LogP) is 33.5. The first-order valence-corrected chi connectivity index (χ1v) is 49.1. The molecular weight excluding hydrogens is 1780 g/mol. The van der Waals surface area contributed by atoms with Gasteiger partial charge in [-0.15, -0.1) is 11.3 Å². The summed E-state index contributed by atoms with van der Waals surface area (Å²) >= 11 is 1.85. The lowest BCUT2D eigenvalue weighted by atomic mass is 9.98. The summed E-state index contributed by atoms with van der Waals surface area (Å²) in [6, 6.07) is 172. The van der Waals surface area contributed by atoms with E-state index in [9.17, 15) is 0 Å². The summed E-state index contributed by atoms with van der Waals surface area (Å²) < 4.78 is 17.9. The number of nitrogens with zero attached hydrogens (tertiary/aromatic N) is 12. The number of furan rings is 1. The van der Waals surface area contributed by atoms with Gasteiger partial charge in [-0.3, -0.25) is 13.7 Å². The highest BCUT2D eigenvalue weighted by atomic mass is 32.1. The molecule has 0 N–H and O–H groups in total. The first-order chi connectivity index (χ1) is 71.4. The largest absolute Gasteiger partial charge is 0.455 e. The van der Waals surface area contributed by atoms with Crippen molar-refractivity contribution < 1.29 is 4.42 Å². The zero-order valence-electron chi connectivity index (χ0n) is 77.5. The topological polar surface area (TPSA) is 136 Å². The van der Waals surface area contributed by atoms with Gasteiger partial charge >= 0.3 is 0 Å². The minimum absolute atomic E-state index is 0.590. The number of rotatable bonds is 14. The molecule has 13 nitrogen and oxygen atoms in total. The number of thiophene rings is 1. The van der Waals surface area contributed by atoms with Crippen molar-refractivity contribution in [3.05, 3.63) is 498 Å². The summed E-state index contributed by atoms with van der Waals surface area (Å²) in [4.78, 5) is 40.1. The van der Waals surface area contributed by atoms with Crippen LogP contribution in [0.25, 0.3) is 265 Å². The van der Waals surface area contributed by atoms with E-state index in [-0.39, 0.29) is 0 Å². The van der Waals surface area contributed by atoms with Gasteiger partial charge in [0, 0.05) is 119 Å². The highest BCUT2D eigenvalue weighted by Crippen LogP contribution is 2.46. The second-order valence-electron chi connectivity index (χ2n) is 36.0. The summed E-state index contributed by atoms with van der Waals surface area (Å²) in [5, 5.41) is 14.2. The molecule has 0 amide bonds. The van der Waals surface area contributed by atoms with E-state index >= 15 is 0 Å². The van der Waals surface area contributed by atoms with Gasteiger partial charge in [-0.2, -0.15) is 19.9 Å². The molecule has 20 aromatic carbocycles. The van der Waals surface area contributed by atoms with Crippen LogP contribution < -0.4 is 0 Å². The van der Waals surface area contributed by atoms with Crippen molar-refractivity contribution in [1.29, 1.82) is 0 Å². The molecule has 9 aromatic heterocycles. The van der Waals surface area contributed by atoms with Gasteiger partial charge in [0.25, 0.3) is 0 Å². The van der Waals surface area contributed by atoms with E-state index in [0.717, 1.165) is 149 Å². The number of benzene rings is 20. The zero-order chi connectivity index (χ0) is 95.1. The zero-order valence-corrected chi connectivity index (χ0v) is 78.3. The average Bonchev–Trinajstić information content (AvgIpc) is 1.59. The van der Waals surface area contributed by atoms with Gasteiger partial charge in [-0.1, -0.05) is 388 Å². The molecule has 0 saturated heterocycles. The smallest absolute Gasteiger partial charge is 0.238 e. The van der Waals surface area contributed by atoms with Crippen LogP contribution >= 0.6 is 11.3 Å². The van der Waals surface area contributed by atoms with Crippen LogP contribution in [0.3, 0.4) is 0 Å². The minimum Gasteiger partial charge on any atom is -0.455 e. The molecule has 0 unspecified atom stereocenters. The molecule has 0 spiro atoms. The summed E-state index contributed by atoms with van der Waals surface area (Å²) in [5.41, 5.74) is 29.1. The monoisotopic (exact) mass is 1860 g/mol. The van der Waals surface area contributed by atoms with Gasteiger partial charge in [0.15, 0.2) is 23.3 Å². The molecule has 29 rings (SSSR count). The van der Waals surface area contributed by atoms with Gasteiger partial charge in [0.05, 0.1) is 49.8 Å². The van der Waals surface area contributed by atoms with Crippen molar-refractivity contribution in [2.75, 3.05) is 0 Å². The first-order valence-electron chi connectivity index (χ1n) is 48.2. The quantitative estimate of drug-likeness (QED) is 0.104. The van der Waals surface area contributed by atoms with Gasteiger partial charge in [0.1, 0.15) is 11.2 Å². The van der Waals surface area contributed by atoms with Crippen LogP contribution in [-0.2, 0) is 0 Å². The van der Waals surface area contributed by atoms with Crippen molar-refractivity contribution >= 4 is 141 Å². The molecule has 0 saturated carbocycles. The fourth-order valence-electron chi connectivity index (χ4n) is 20.8. The van der Waals surface area contributed by atoms with E-state index in [0.29, 0.717) is 41.1 Å². The highest BCUT2D eigenvalue weighted by Gasteiger charge is 2.26. The van der Waals surface area contributed by atoms with Crippen LogP contribution in [0.15, 0.2) is 502 Å². The Kier molecular flexibility index (Phi) is 20.8. The molecule has 674 valence electrons. The van der Waals surface area contributed by atoms with Crippen LogP contribution in [0.5, 0.6) is 0 Å². The maximum absolute atomic E-state index is 6.40. The molecule has 0 aliphatic heterocycles. The van der Waals surface area contributed by atoms with E-state index in [2.05, 4.69) is 364 Å². The van der Waals surface area contributed by atoms with Crippen molar-refractivity contribution in [3.63, 3.8) is 0 Å². The minimum atomic E-state index is 0.590. The molecule has 0 fully saturated rings. The van der Waals surface area contributed by atoms with Gasteiger partial charge in [0.2, 0.25) is 17.8 Å². The molecule has 0 aliphatic rings. The maximum Gasteiger partial charge on any atom is 0.238 e. The molecule has 144 heavy (non-hydrogen) atoms. The second kappa shape index (κ2) is 35.6.